The van der Waals surface area contributed by atoms with Crippen molar-refractivity contribution >= 4 is 51.9 Å². The first-order chi connectivity index (χ1) is 20.9. The highest BCUT2D eigenvalue weighted by atomic mass is 32.2. The fourth-order valence-corrected chi connectivity index (χ4v) is 5.51. The zero-order valence-electron chi connectivity index (χ0n) is 24.0. The Morgan fingerprint density at radius 3 is 2.49 bits per heavy atom. The maximum absolute atomic E-state index is 13.6. The lowest BCUT2D eigenvalue weighted by molar-refractivity contribution is -0.125. The molecule has 0 spiro atoms. The number of nitrogens with zero attached hydrogens (tertiary/aromatic N) is 3. The normalized spacial score (nSPS) is 15.1. The summed E-state index contributed by atoms with van der Waals surface area (Å²) >= 11 is 1.13. The number of benzene rings is 3. The van der Waals surface area contributed by atoms with Gasteiger partial charge in [-0.15, -0.1) is 0 Å². The lowest BCUT2D eigenvalue weighted by Crippen LogP contribution is -2.41. The third-order valence-corrected chi connectivity index (χ3v) is 7.81. The van der Waals surface area contributed by atoms with Crippen LogP contribution in [-0.2, 0) is 20.9 Å². The van der Waals surface area contributed by atoms with Gasteiger partial charge in [-0.2, -0.15) is 0 Å². The van der Waals surface area contributed by atoms with E-state index in [1.807, 2.05) is 48.5 Å². The molecule has 3 aromatic rings. The van der Waals surface area contributed by atoms with E-state index in [0.717, 1.165) is 17.3 Å². The van der Waals surface area contributed by atoms with Crippen molar-refractivity contribution in [3.63, 3.8) is 0 Å². The van der Waals surface area contributed by atoms with Crippen molar-refractivity contribution in [1.29, 1.82) is 0 Å². The summed E-state index contributed by atoms with van der Waals surface area (Å²) in [5.41, 5.74) is 2.69. The van der Waals surface area contributed by atoms with Gasteiger partial charge in [0.1, 0.15) is 29.1 Å². The van der Waals surface area contributed by atoms with Crippen LogP contribution in [-0.4, -0.2) is 66.7 Å². The molecular weight excluding hydrogens is 570 g/mol. The van der Waals surface area contributed by atoms with Gasteiger partial charge in [0.15, 0.2) is 5.17 Å². The second kappa shape index (κ2) is 13.4. The lowest BCUT2D eigenvalue weighted by atomic mass is 10.1. The largest absolute Gasteiger partial charge is 0.497 e. The third kappa shape index (κ3) is 6.64. The van der Waals surface area contributed by atoms with Crippen molar-refractivity contribution in [3.8, 4) is 17.2 Å². The first-order valence-corrected chi connectivity index (χ1v) is 14.5. The minimum Gasteiger partial charge on any atom is -0.497 e. The number of anilines is 1. The topological polar surface area (TPSA) is 131 Å². The first kappa shape index (κ1) is 29.6. The van der Waals surface area contributed by atoms with Gasteiger partial charge < -0.3 is 24.8 Å². The zero-order valence-corrected chi connectivity index (χ0v) is 24.8. The number of methoxy groups -OCH3 is 3. The van der Waals surface area contributed by atoms with Gasteiger partial charge in [-0.1, -0.05) is 42.1 Å². The van der Waals surface area contributed by atoms with Gasteiger partial charge in [0.05, 0.1) is 38.5 Å². The van der Waals surface area contributed by atoms with E-state index in [1.54, 1.807) is 25.3 Å². The van der Waals surface area contributed by atoms with Crippen molar-refractivity contribution < 1.29 is 28.6 Å². The van der Waals surface area contributed by atoms with Crippen LogP contribution in [0.1, 0.15) is 24.0 Å². The standard InChI is InChI=1S/C31H31N5O6S/c1-40-20-12-14-26(42-3)24(16-20)33-28(38)18-43-31-35-22-10-6-5-9-21(22)29-34-23(30(39)36(29)31)13-15-27(37)32-17-19-8-4-7-11-25(19)41-2/h4-12,14,16,23H,13,15,17-18H2,1-3H3,(H,32,37)(H,33,38)/t23-/m0/s1. The number of ether oxygens (including phenoxy) is 3. The molecule has 0 saturated heterocycles. The molecule has 0 saturated carbocycles. The first-order valence-electron chi connectivity index (χ1n) is 13.5. The molecule has 0 fully saturated rings. The molecule has 3 aromatic carbocycles. The predicted octanol–water partition coefficient (Wildman–Crippen LogP) is 4.14. The highest BCUT2D eigenvalue weighted by Crippen LogP contribution is 2.35. The molecule has 0 unspecified atom stereocenters. The Morgan fingerprint density at radius 2 is 1.70 bits per heavy atom. The lowest BCUT2D eigenvalue weighted by Gasteiger charge is -2.25. The van der Waals surface area contributed by atoms with Crippen LogP contribution in [0, 0.1) is 0 Å². The molecule has 2 aliphatic heterocycles. The minimum atomic E-state index is -0.751. The predicted molar refractivity (Wildman–Crippen MR) is 165 cm³/mol. The number of carbonyl (C=O) groups excluding carboxylic acids is 3. The van der Waals surface area contributed by atoms with E-state index in [2.05, 4.69) is 15.6 Å². The highest BCUT2D eigenvalue weighted by molar-refractivity contribution is 8.14. The van der Waals surface area contributed by atoms with Gasteiger partial charge in [0, 0.05) is 30.2 Å². The molecule has 1 atom stereocenters. The van der Waals surface area contributed by atoms with Gasteiger partial charge in [-0.3, -0.25) is 19.4 Å². The zero-order chi connectivity index (χ0) is 30.3. The molecule has 11 nitrogen and oxygen atoms in total. The van der Waals surface area contributed by atoms with Crippen LogP contribution in [0.4, 0.5) is 11.4 Å². The van der Waals surface area contributed by atoms with Gasteiger partial charge in [0.25, 0.3) is 5.91 Å². The quantitative estimate of drug-likeness (QED) is 0.338. The summed E-state index contributed by atoms with van der Waals surface area (Å²) in [4.78, 5) is 50.0. The molecule has 0 aromatic heterocycles. The van der Waals surface area contributed by atoms with Crippen LogP contribution >= 0.6 is 11.8 Å². The van der Waals surface area contributed by atoms with Crippen LogP contribution in [0.15, 0.2) is 76.7 Å². The Morgan fingerprint density at radius 1 is 0.930 bits per heavy atom. The van der Waals surface area contributed by atoms with Crippen LogP contribution < -0.4 is 24.8 Å². The number of hydrogen-bond donors (Lipinski definition) is 2. The molecule has 2 aliphatic rings. The van der Waals surface area contributed by atoms with Crippen LogP contribution in [0.2, 0.25) is 0 Å². The fraction of sp³-hybridized carbons (Fsp3) is 0.258. The Bertz CT molecular complexity index is 1610. The van der Waals surface area contributed by atoms with Crippen molar-refractivity contribution in [3.05, 3.63) is 77.9 Å². The number of para-hydroxylation sites is 2. The average Bonchev–Trinajstić information content (AvgIpc) is 3.37. The van der Waals surface area contributed by atoms with Crippen molar-refractivity contribution in [2.75, 3.05) is 32.4 Å². The van der Waals surface area contributed by atoms with Gasteiger partial charge >= 0.3 is 0 Å². The van der Waals surface area contributed by atoms with E-state index in [4.69, 9.17) is 19.2 Å². The molecule has 2 heterocycles. The molecule has 222 valence electrons. The molecule has 0 bridgehead atoms. The van der Waals surface area contributed by atoms with Crippen molar-refractivity contribution in [2.24, 2.45) is 9.98 Å². The van der Waals surface area contributed by atoms with Gasteiger partial charge in [-0.25, -0.2) is 9.89 Å². The molecule has 0 radical (unpaired) electrons. The Balaban J connectivity index is 1.24. The van der Waals surface area contributed by atoms with E-state index >= 15 is 0 Å². The van der Waals surface area contributed by atoms with Crippen LogP contribution in [0.3, 0.4) is 0 Å². The highest BCUT2D eigenvalue weighted by Gasteiger charge is 2.41. The molecule has 2 N–H and O–H groups in total. The molecule has 43 heavy (non-hydrogen) atoms. The molecule has 0 aliphatic carbocycles. The summed E-state index contributed by atoms with van der Waals surface area (Å²) < 4.78 is 15.9. The van der Waals surface area contributed by atoms with E-state index in [-0.39, 0.29) is 36.3 Å². The second-order valence-corrected chi connectivity index (χ2v) is 10.5. The van der Waals surface area contributed by atoms with Gasteiger partial charge in [0.2, 0.25) is 11.8 Å². The SMILES string of the molecule is COc1ccc(OC)c(NC(=O)CSC2=Nc3ccccc3C3=N[C@@H](CCC(=O)NCc4ccccc4OC)C(=O)N23)c1. The van der Waals surface area contributed by atoms with E-state index < -0.39 is 6.04 Å². The number of thioether (sulfide) groups is 1. The number of fused-ring (bicyclic) bond motifs is 3. The number of carbonyl (C=O) groups is 3. The van der Waals surface area contributed by atoms with Crippen LogP contribution in [0.5, 0.6) is 17.2 Å². The summed E-state index contributed by atoms with van der Waals surface area (Å²) in [7, 11) is 4.63. The second-order valence-electron chi connectivity index (χ2n) is 9.58. The van der Waals surface area contributed by atoms with Crippen LogP contribution in [0.25, 0.3) is 0 Å². The number of rotatable bonds is 11. The Kier molecular flexibility index (Phi) is 9.26. The van der Waals surface area contributed by atoms with E-state index in [9.17, 15) is 14.4 Å². The minimum absolute atomic E-state index is 0.0194. The number of aliphatic imine (C=N–C) groups is 2. The Hall–Kier alpha value is -4.84. The Labute approximate surface area is 253 Å². The fourth-order valence-electron chi connectivity index (χ4n) is 4.71. The maximum atomic E-state index is 13.6. The summed E-state index contributed by atoms with van der Waals surface area (Å²) in [6.07, 6.45) is 0.342. The number of amidine groups is 2. The third-order valence-electron chi connectivity index (χ3n) is 6.87. The maximum Gasteiger partial charge on any atom is 0.259 e. The summed E-state index contributed by atoms with van der Waals surface area (Å²) in [6, 6.07) is 19.2. The molecular formula is C31H31N5O6S. The van der Waals surface area contributed by atoms with E-state index in [1.165, 1.54) is 19.1 Å². The van der Waals surface area contributed by atoms with Crippen molar-refractivity contribution in [1.82, 2.24) is 10.2 Å². The molecule has 12 heteroatoms. The number of amides is 3. The molecule has 5 rings (SSSR count). The monoisotopic (exact) mass is 601 g/mol. The number of hydrogen-bond acceptors (Lipinski definition) is 9. The van der Waals surface area contributed by atoms with Gasteiger partial charge in [-0.05, 0) is 36.8 Å². The average molecular weight is 602 g/mol. The number of nitrogens with one attached hydrogen (secondary N) is 2. The van der Waals surface area contributed by atoms with Crippen molar-refractivity contribution in [2.45, 2.75) is 25.4 Å². The van der Waals surface area contributed by atoms with E-state index in [0.29, 0.717) is 51.7 Å². The smallest absolute Gasteiger partial charge is 0.259 e. The summed E-state index contributed by atoms with van der Waals surface area (Å²) in [5, 5.41) is 6.06. The molecule has 3 amide bonds. The summed E-state index contributed by atoms with van der Waals surface area (Å²) in [6.45, 7) is 0.312. The summed E-state index contributed by atoms with van der Waals surface area (Å²) in [5.74, 6) is 1.40.